The van der Waals surface area contributed by atoms with Gasteiger partial charge in [0.1, 0.15) is 6.26 Å². The van der Waals surface area contributed by atoms with E-state index in [2.05, 4.69) is 62.1 Å². The summed E-state index contributed by atoms with van der Waals surface area (Å²) in [6.07, 6.45) is 6.86. The maximum Gasteiger partial charge on any atom is 0.319 e. The number of fused-ring (bicyclic) bond motifs is 4. The van der Waals surface area contributed by atoms with Crippen molar-refractivity contribution >= 4 is 72.9 Å². The summed E-state index contributed by atoms with van der Waals surface area (Å²) in [6.45, 7) is 2.10. The highest BCUT2D eigenvalue weighted by atomic mass is 32.1. The van der Waals surface area contributed by atoms with E-state index in [1.165, 1.54) is 32.1 Å². The zero-order chi connectivity index (χ0) is 30.2. The molecule has 2 aliphatic heterocycles. The fraction of sp³-hybridized carbons (Fsp3) is 0.242. The first kappa shape index (κ1) is 27.6. The Morgan fingerprint density at radius 2 is 1.82 bits per heavy atom. The number of aromatic nitrogens is 2. The van der Waals surface area contributed by atoms with E-state index in [-0.39, 0.29) is 22.7 Å². The van der Waals surface area contributed by atoms with E-state index in [1.54, 1.807) is 18.1 Å². The van der Waals surface area contributed by atoms with E-state index in [9.17, 15) is 4.79 Å². The number of methoxy groups -OCH3 is 1. The summed E-state index contributed by atoms with van der Waals surface area (Å²) in [6, 6.07) is 21.1. The maximum atomic E-state index is 13.8. The summed E-state index contributed by atoms with van der Waals surface area (Å²) >= 11 is 5.77. The summed E-state index contributed by atoms with van der Waals surface area (Å²) in [5, 5.41) is 11.3. The molecule has 2 bridgehead atoms. The zero-order valence-corrected chi connectivity index (χ0v) is 25.1. The molecule has 5 aromatic rings. The molecule has 0 radical (unpaired) electrons. The van der Waals surface area contributed by atoms with Crippen LogP contribution in [0.15, 0.2) is 70.2 Å². The molecule has 0 aliphatic carbocycles. The molecule has 2 N–H and O–H groups in total. The smallest absolute Gasteiger partial charge is 0.319 e. The second-order valence-corrected chi connectivity index (χ2v) is 11.1. The molecule has 10 nitrogen and oxygen atoms in total. The maximum absolute atomic E-state index is 13.8. The van der Waals surface area contributed by atoms with Crippen LogP contribution in [0.5, 0.6) is 6.01 Å². The summed E-state index contributed by atoms with van der Waals surface area (Å²) in [5.41, 5.74) is 2.89. The average Bonchev–Trinajstić information content (AvgIpc) is 3.11. The van der Waals surface area contributed by atoms with Gasteiger partial charge in [-0.05, 0) is 67.9 Å². The molecule has 2 aromatic heterocycles. The highest BCUT2D eigenvalue weighted by molar-refractivity contribution is 7.80. The van der Waals surface area contributed by atoms with Crippen molar-refractivity contribution in [2.24, 2.45) is 4.99 Å². The first-order valence-electron chi connectivity index (χ1n) is 14.4. The van der Waals surface area contributed by atoms with E-state index in [4.69, 9.17) is 26.4 Å². The number of ether oxygens (including phenoxy) is 1. The molecule has 44 heavy (non-hydrogen) atoms. The van der Waals surface area contributed by atoms with Gasteiger partial charge in [0.15, 0.2) is 5.11 Å². The average molecular weight is 604 g/mol. The van der Waals surface area contributed by atoms with Gasteiger partial charge >= 0.3 is 6.01 Å². The number of carbonyl (C=O) groups excluding carboxylic acids is 1. The molecule has 1 atom stereocenters. The third kappa shape index (κ3) is 5.03. The minimum Gasteiger partial charge on any atom is -0.467 e. The normalized spacial score (nSPS) is 16.2. The van der Waals surface area contributed by atoms with Gasteiger partial charge in [0.05, 0.1) is 23.5 Å². The van der Waals surface area contributed by atoms with Gasteiger partial charge in [0.25, 0.3) is 5.91 Å². The Balaban J connectivity index is 1.29. The highest BCUT2D eigenvalue weighted by Crippen LogP contribution is 2.34. The molecule has 0 spiro atoms. The molecular weight excluding hydrogens is 574 g/mol. The molecule has 0 saturated carbocycles. The van der Waals surface area contributed by atoms with Gasteiger partial charge < -0.3 is 29.6 Å². The Hall–Kier alpha value is -5.21. The Bertz CT molecular complexity index is 2040. The van der Waals surface area contributed by atoms with E-state index < -0.39 is 6.17 Å². The minimum absolute atomic E-state index is 0.123. The number of nitrogens with zero attached hydrogens (tertiary/aromatic N) is 5. The standard InChI is InChI=1S/C33H29N7O3S/c1-39-26-12-10-20-14-17-43-30-24(19-34-32(38-30)42-2)28(23(26)18-20)36-29(31(39)41)37-33(44)35-25-11-13-27(40-15-6-3-7-16-40)22-9-5-4-8-21(22)25/h4-5,8-13,18-19,29H,3,6-7,15-16H2,1-2H3,(H2,35,37,44). The number of thiocarbonyl (C=S) groups is 1. The molecule has 1 amide bonds. The van der Waals surface area contributed by atoms with Crippen LogP contribution in [0, 0.1) is 12.3 Å². The Morgan fingerprint density at radius 1 is 1.02 bits per heavy atom. The molecule has 4 heterocycles. The molecule has 11 heteroatoms. The predicted octanol–water partition coefficient (Wildman–Crippen LogP) is 4.88. The first-order valence-corrected chi connectivity index (χ1v) is 14.8. The quantitative estimate of drug-likeness (QED) is 0.278. The van der Waals surface area contributed by atoms with Crippen LogP contribution < -0.4 is 30.5 Å². The van der Waals surface area contributed by atoms with Gasteiger partial charge in [-0.2, -0.15) is 4.98 Å². The fourth-order valence-corrected chi connectivity index (χ4v) is 6.09. The summed E-state index contributed by atoms with van der Waals surface area (Å²) < 4.78 is 10.9. The number of piperidine rings is 1. The van der Waals surface area contributed by atoms with E-state index in [0.29, 0.717) is 27.2 Å². The lowest BCUT2D eigenvalue weighted by atomic mass is 10.0. The zero-order valence-electron chi connectivity index (χ0n) is 24.3. The molecule has 3 aromatic carbocycles. The lowest BCUT2D eigenvalue weighted by Gasteiger charge is -2.30. The van der Waals surface area contributed by atoms with Gasteiger partial charge in [-0.25, -0.2) is 9.98 Å². The third-order valence-corrected chi connectivity index (χ3v) is 8.28. The number of anilines is 3. The Kier molecular flexibility index (Phi) is 7.20. The van der Waals surface area contributed by atoms with E-state index in [0.717, 1.165) is 29.5 Å². The van der Waals surface area contributed by atoms with Gasteiger partial charge in [0, 0.05) is 59.3 Å². The van der Waals surface area contributed by atoms with Crippen molar-refractivity contribution in [3.05, 3.63) is 78.5 Å². The lowest BCUT2D eigenvalue weighted by Crippen LogP contribution is -2.47. The molecule has 7 rings (SSSR count). The number of hydrogen-bond acceptors (Lipinski definition) is 8. The molecule has 1 fully saturated rings. The van der Waals surface area contributed by atoms with Crippen LogP contribution in [0.1, 0.15) is 19.3 Å². The topological polar surface area (TPSA) is 108 Å². The second kappa shape index (κ2) is 11.5. The van der Waals surface area contributed by atoms with Crippen LogP contribution in [0.3, 0.4) is 0 Å². The molecule has 2 aliphatic rings. The van der Waals surface area contributed by atoms with Gasteiger partial charge in [-0.3, -0.25) is 4.79 Å². The minimum atomic E-state index is -1.05. The predicted molar refractivity (Wildman–Crippen MR) is 174 cm³/mol. The number of carbonyl (C=O) groups is 1. The van der Waals surface area contributed by atoms with Crippen LogP contribution in [0.2, 0.25) is 0 Å². The van der Waals surface area contributed by atoms with Crippen LogP contribution in [0.4, 0.5) is 17.1 Å². The molecule has 1 unspecified atom stereocenters. The van der Waals surface area contributed by atoms with Crippen molar-refractivity contribution in [2.75, 3.05) is 42.4 Å². The Morgan fingerprint density at radius 3 is 2.64 bits per heavy atom. The van der Waals surface area contributed by atoms with Crippen molar-refractivity contribution in [3.8, 4) is 6.01 Å². The van der Waals surface area contributed by atoms with Crippen LogP contribution in [0.25, 0.3) is 32.6 Å². The number of rotatable bonds is 4. The fourth-order valence-electron chi connectivity index (χ4n) is 5.87. The first-order chi connectivity index (χ1) is 21.5. The monoisotopic (exact) mass is 603 g/mol. The summed E-state index contributed by atoms with van der Waals surface area (Å²) in [4.78, 5) is 31.4. The Labute approximate surface area is 259 Å². The molecule has 1 saturated heterocycles. The number of hydrogen-bond donors (Lipinski definition) is 2. The summed E-state index contributed by atoms with van der Waals surface area (Å²) in [7, 11) is 3.18. The second-order valence-electron chi connectivity index (χ2n) is 10.7. The summed E-state index contributed by atoms with van der Waals surface area (Å²) in [5.74, 6) is -0.288. The van der Waals surface area contributed by atoms with Crippen molar-refractivity contribution in [1.82, 2.24) is 15.3 Å². The number of amides is 1. The van der Waals surface area contributed by atoms with Gasteiger partial charge in [-0.1, -0.05) is 24.3 Å². The lowest BCUT2D eigenvalue weighted by molar-refractivity contribution is -0.119. The third-order valence-electron chi connectivity index (χ3n) is 8.06. The van der Waals surface area contributed by atoms with Crippen molar-refractivity contribution in [2.45, 2.75) is 25.4 Å². The molecular formula is C33H29N7O3S. The van der Waals surface area contributed by atoms with E-state index >= 15 is 0 Å². The van der Waals surface area contributed by atoms with Crippen molar-refractivity contribution in [1.29, 1.82) is 0 Å². The van der Waals surface area contributed by atoms with Crippen LogP contribution in [-0.4, -0.2) is 54.4 Å². The van der Waals surface area contributed by atoms with Gasteiger partial charge in [0.2, 0.25) is 11.9 Å². The molecule has 220 valence electrons. The van der Waals surface area contributed by atoms with Crippen molar-refractivity contribution in [3.63, 3.8) is 0 Å². The SMILES string of the molecule is COc1ncc2c3c4cc(c#coc2n1)ccc4N(C)C(=O)C(NC(=S)Nc1ccc(N2CCCCC2)c2ccccc12)N=3. The van der Waals surface area contributed by atoms with Crippen LogP contribution in [-0.2, 0) is 4.79 Å². The van der Waals surface area contributed by atoms with Crippen LogP contribution >= 0.6 is 12.2 Å². The number of nitrogens with one attached hydrogen (secondary N) is 2. The van der Waals surface area contributed by atoms with Gasteiger partial charge in [-0.15, -0.1) is 0 Å². The highest BCUT2D eigenvalue weighted by Gasteiger charge is 2.28. The largest absolute Gasteiger partial charge is 0.467 e. The van der Waals surface area contributed by atoms with Crippen molar-refractivity contribution < 1.29 is 13.9 Å². The number of benzene rings is 3. The number of likely N-dealkylation sites (N-methyl/N-ethyl adjacent to an activating group) is 1. The van der Waals surface area contributed by atoms with E-state index in [1.807, 2.05) is 30.3 Å².